The van der Waals surface area contributed by atoms with E-state index < -0.39 is 6.17 Å². The Morgan fingerprint density at radius 3 is 2.58 bits per heavy atom. The monoisotopic (exact) mass is 363 g/mol. The molecule has 0 spiro atoms. The molecule has 1 N–H and O–H groups in total. The van der Waals surface area contributed by atoms with E-state index in [9.17, 15) is 14.0 Å². The van der Waals surface area contributed by atoms with Gasteiger partial charge in [0.1, 0.15) is 0 Å². The van der Waals surface area contributed by atoms with Crippen molar-refractivity contribution >= 4 is 11.8 Å². The van der Waals surface area contributed by atoms with Crippen molar-refractivity contribution in [1.82, 2.24) is 25.2 Å². The van der Waals surface area contributed by atoms with Gasteiger partial charge < -0.3 is 9.80 Å². The molecular formula is C18H26FN5O2. The number of rotatable bonds is 4. The molecule has 0 radical (unpaired) electrons. The van der Waals surface area contributed by atoms with Crippen LogP contribution in [0.2, 0.25) is 0 Å². The van der Waals surface area contributed by atoms with Gasteiger partial charge in [0.05, 0.1) is 12.2 Å². The van der Waals surface area contributed by atoms with Crippen molar-refractivity contribution < 1.29 is 14.0 Å². The zero-order valence-corrected chi connectivity index (χ0v) is 14.9. The average molecular weight is 363 g/mol. The van der Waals surface area contributed by atoms with E-state index in [1.165, 1.54) is 6.20 Å². The minimum absolute atomic E-state index is 0.0751. The van der Waals surface area contributed by atoms with Crippen LogP contribution in [0.15, 0.2) is 6.20 Å². The van der Waals surface area contributed by atoms with Crippen molar-refractivity contribution in [1.29, 1.82) is 0 Å². The van der Waals surface area contributed by atoms with Gasteiger partial charge in [-0.05, 0) is 37.5 Å². The molecule has 26 heavy (non-hydrogen) atoms. The highest BCUT2D eigenvalue weighted by Gasteiger charge is 2.44. The minimum Gasteiger partial charge on any atom is -0.333 e. The Morgan fingerprint density at radius 1 is 1.15 bits per heavy atom. The fourth-order valence-electron chi connectivity index (χ4n) is 4.41. The molecule has 8 heteroatoms. The Morgan fingerprint density at radius 2 is 1.92 bits per heavy atom. The number of aromatic nitrogens is 3. The molecule has 3 aliphatic rings. The third kappa shape index (κ3) is 3.46. The van der Waals surface area contributed by atoms with Crippen molar-refractivity contribution in [2.24, 2.45) is 11.8 Å². The zero-order valence-electron chi connectivity index (χ0n) is 14.9. The molecule has 1 aliphatic heterocycles. The third-order valence-corrected chi connectivity index (χ3v) is 6.09. The first kappa shape index (κ1) is 17.4. The van der Waals surface area contributed by atoms with Crippen LogP contribution in [0.5, 0.6) is 0 Å². The Kier molecular flexibility index (Phi) is 4.91. The summed E-state index contributed by atoms with van der Waals surface area (Å²) in [5.41, 5.74) is 0.282. The van der Waals surface area contributed by atoms with Crippen LogP contribution >= 0.6 is 0 Å². The van der Waals surface area contributed by atoms with Crippen LogP contribution in [-0.4, -0.2) is 68.9 Å². The molecule has 2 heterocycles. The Balaban J connectivity index is 1.43. The van der Waals surface area contributed by atoms with E-state index >= 15 is 0 Å². The third-order valence-electron chi connectivity index (χ3n) is 6.09. The summed E-state index contributed by atoms with van der Waals surface area (Å²) in [5, 5.41) is 9.99. The summed E-state index contributed by atoms with van der Waals surface area (Å²) in [4.78, 5) is 28.8. The van der Waals surface area contributed by atoms with Gasteiger partial charge in [-0.15, -0.1) is 0 Å². The molecule has 2 atom stereocenters. The van der Waals surface area contributed by atoms with E-state index in [1.807, 2.05) is 0 Å². The SMILES string of the molecule is O=C(c1cn[nH]n1)N1CCN(C(=O)C(F)C2CCCCC2)C(C2CC2)C1. The van der Waals surface area contributed by atoms with Crippen LogP contribution in [0.3, 0.4) is 0 Å². The maximum Gasteiger partial charge on any atom is 0.276 e. The minimum atomic E-state index is -1.39. The van der Waals surface area contributed by atoms with Gasteiger partial charge >= 0.3 is 0 Å². The standard InChI is InChI=1S/C18H26FN5O2/c19-16(13-4-2-1-3-5-13)18(26)24-9-8-23(11-15(24)12-6-7-12)17(25)14-10-20-22-21-14/h10,12-13,15-16H,1-9,11H2,(H,20,21,22). The normalized spacial score (nSPS) is 26.0. The number of hydrogen-bond acceptors (Lipinski definition) is 4. The number of aromatic amines is 1. The van der Waals surface area contributed by atoms with Gasteiger partial charge in [0.25, 0.3) is 11.8 Å². The smallest absolute Gasteiger partial charge is 0.276 e. The van der Waals surface area contributed by atoms with Gasteiger partial charge in [-0.3, -0.25) is 9.59 Å². The van der Waals surface area contributed by atoms with Crippen molar-refractivity contribution in [3.05, 3.63) is 11.9 Å². The number of halogens is 1. The quantitative estimate of drug-likeness (QED) is 0.884. The number of nitrogens with zero attached hydrogens (tertiary/aromatic N) is 4. The molecule has 1 saturated heterocycles. The Labute approximate surface area is 152 Å². The summed E-state index contributed by atoms with van der Waals surface area (Å²) in [7, 11) is 0. The average Bonchev–Trinajstić information content (AvgIpc) is 3.40. The van der Waals surface area contributed by atoms with Gasteiger partial charge in [0, 0.05) is 19.6 Å². The predicted octanol–water partition coefficient (Wildman–Crippen LogP) is 1.79. The summed E-state index contributed by atoms with van der Waals surface area (Å²) < 4.78 is 14.9. The van der Waals surface area contributed by atoms with Crippen molar-refractivity contribution in [2.75, 3.05) is 19.6 Å². The second-order valence-corrected chi connectivity index (χ2v) is 7.84. The fourth-order valence-corrected chi connectivity index (χ4v) is 4.41. The lowest BCUT2D eigenvalue weighted by molar-refractivity contribution is -0.144. The van der Waals surface area contributed by atoms with Crippen LogP contribution < -0.4 is 0 Å². The summed E-state index contributed by atoms with van der Waals surface area (Å²) in [6.07, 6.45) is 6.90. The first-order valence-corrected chi connectivity index (χ1v) is 9.74. The van der Waals surface area contributed by atoms with Gasteiger partial charge in [-0.2, -0.15) is 15.4 Å². The number of H-pyrrole nitrogens is 1. The first-order valence-electron chi connectivity index (χ1n) is 9.74. The second-order valence-electron chi connectivity index (χ2n) is 7.84. The summed E-state index contributed by atoms with van der Waals surface area (Å²) in [5.74, 6) is -0.292. The largest absolute Gasteiger partial charge is 0.333 e. The Hall–Kier alpha value is -1.99. The molecule has 2 amide bonds. The lowest BCUT2D eigenvalue weighted by atomic mass is 9.85. The number of carbonyl (C=O) groups is 2. The van der Waals surface area contributed by atoms with E-state index in [2.05, 4.69) is 15.4 Å². The molecule has 2 saturated carbocycles. The molecule has 0 aromatic carbocycles. The number of hydrogen-bond donors (Lipinski definition) is 1. The van der Waals surface area contributed by atoms with Gasteiger partial charge in [-0.1, -0.05) is 19.3 Å². The van der Waals surface area contributed by atoms with Crippen LogP contribution in [0, 0.1) is 11.8 Å². The molecule has 4 rings (SSSR count). The highest BCUT2D eigenvalue weighted by molar-refractivity contribution is 5.92. The highest BCUT2D eigenvalue weighted by Crippen LogP contribution is 2.38. The molecule has 0 bridgehead atoms. The summed E-state index contributed by atoms with van der Waals surface area (Å²) in [6.45, 7) is 1.27. The van der Waals surface area contributed by atoms with E-state index in [0.29, 0.717) is 25.6 Å². The maximum absolute atomic E-state index is 14.9. The van der Waals surface area contributed by atoms with Gasteiger partial charge in [-0.25, -0.2) is 4.39 Å². The number of alkyl halides is 1. The molecule has 2 unspecified atom stereocenters. The van der Waals surface area contributed by atoms with Crippen LogP contribution in [-0.2, 0) is 4.79 Å². The molecule has 7 nitrogen and oxygen atoms in total. The van der Waals surface area contributed by atoms with Gasteiger partial charge in [0.2, 0.25) is 0 Å². The maximum atomic E-state index is 14.9. The number of piperazine rings is 1. The molecule has 142 valence electrons. The van der Waals surface area contributed by atoms with Crippen LogP contribution in [0.4, 0.5) is 4.39 Å². The lowest BCUT2D eigenvalue weighted by Gasteiger charge is -2.42. The van der Waals surface area contributed by atoms with Crippen LogP contribution in [0.25, 0.3) is 0 Å². The molecule has 1 aromatic heterocycles. The van der Waals surface area contributed by atoms with E-state index in [4.69, 9.17) is 0 Å². The topological polar surface area (TPSA) is 82.2 Å². The lowest BCUT2D eigenvalue weighted by Crippen LogP contribution is -2.59. The van der Waals surface area contributed by atoms with Crippen LogP contribution in [0.1, 0.15) is 55.4 Å². The van der Waals surface area contributed by atoms with Crippen molar-refractivity contribution in [3.63, 3.8) is 0 Å². The number of amides is 2. The Bertz CT molecular complexity index is 642. The molecular weight excluding hydrogens is 337 g/mol. The van der Waals surface area contributed by atoms with Crippen molar-refractivity contribution in [3.8, 4) is 0 Å². The van der Waals surface area contributed by atoms with E-state index in [1.54, 1.807) is 9.80 Å². The molecule has 3 fully saturated rings. The summed E-state index contributed by atoms with van der Waals surface area (Å²) >= 11 is 0. The predicted molar refractivity (Wildman–Crippen MR) is 92.0 cm³/mol. The van der Waals surface area contributed by atoms with Crippen molar-refractivity contribution in [2.45, 2.75) is 57.2 Å². The molecule has 2 aliphatic carbocycles. The number of nitrogens with one attached hydrogen (secondary N) is 1. The fraction of sp³-hybridized carbons (Fsp3) is 0.778. The summed E-state index contributed by atoms with van der Waals surface area (Å²) in [6, 6.07) is -0.0751. The second kappa shape index (κ2) is 7.32. The van der Waals surface area contributed by atoms with E-state index in [-0.39, 0.29) is 29.5 Å². The number of carbonyl (C=O) groups excluding carboxylic acids is 2. The van der Waals surface area contributed by atoms with Gasteiger partial charge in [0.15, 0.2) is 11.9 Å². The van der Waals surface area contributed by atoms with E-state index in [0.717, 1.165) is 44.9 Å². The zero-order chi connectivity index (χ0) is 18.1. The molecule has 1 aromatic rings. The first-order chi connectivity index (χ1) is 12.6. The highest BCUT2D eigenvalue weighted by atomic mass is 19.1.